The Morgan fingerprint density at radius 2 is 1.89 bits per heavy atom. The van der Waals surface area contributed by atoms with Crippen LogP contribution in [0.1, 0.15) is 46.1 Å². The second-order valence-electron chi connectivity index (χ2n) is 6.81. The lowest BCUT2D eigenvalue weighted by atomic mass is 9.93. The molecule has 4 nitrogen and oxygen atoms in total. The second-order valence-corrected chi connectivity index (χ2v) is 8.44. The average Bonchev–Trinajstić information content (AvgIpc) is 2.85. The average molecular weight is 280 g/mol. The van der Waals surface area contributed by atoms with Crippen LogP contribution in [0.25, 0.3) is 0 Å². The Morgan fingerprint density at radius 3 is 2.37 bits per heavy atom. The molecule has 1 unspecified atom stereocenters. The van der Waals surface area contributed by atoms with Crippen LogP contribution in [0.2, 0.25) is 0 Å². The van der Waals surface area contributed by atoms with Gasteiger partial charge in [0.05, 0.1) is 11.4 Å². The van der Waals surface area contributed by atoms with Gasteiger partial charge < -0.3 is 4.98 Å². The summed E-state index contributed by atoms with van der Waals surface area (Å²) in [5.41, 5.74) is 2.35. The highest BCUT2D eigenvalue weighted by Gasteiger charge is 2.29. The third-order valence-electron chi connectivity index (χ3n) is 3.26. The van der Waals surface area contributed by atoms with Crippen molar-refractivity contribution in [3.8, 4) is 0 Å². The highest BCUT2D eigenvalue weighted by atomic mass is 32.2. The first-order chi connectivity index (χ1) is 8.68. The molecule has 5 heteroatoms. The Balaban J connectivity index is 2.11. The summed E-state index contributed by atoms with van der Waals surface area (Å²) in [6.07, 6.45) is 2.01. The van der Waals surface area contributed by atoms with E-state index >= 15 is 0 Å². The van der Waals surface area contributed by atoms with Gasteiger partial charge in [0.15, 0.2) is 0 Å². The maximum absolute atomic E-state index is 4.55. The van der Waals surface area contributed by atoms with Gasteiger partial charge in [-0.05, 0) is 12.3 Å². The summed E-state index contributed by atoms with van der Waals surface area (Å²) in [7, 11) is 0. The van der Waals surface area contributed by atoms with E-state index in [4.69, 9.17) is 0 Å². The molecule has 0 saturated heterocycles. The van der Waals surface area contributed by atoms with Crippen LogP contribution in [0.3, 0.4) is 0 Å². The standard InChI is InChI=1S/C14H24N4S/c1-10-15-7-11(16-10)14(5,6)9-19-8-12(17-18-19)13(2,3)4/h7-8,19H,9H2,1-6H3,(H,15,16). The van der Waals surface area contributed by atoms with Crippen molar-refractivity contribution in [1.82, 2.24) is 9.97 Å². The lowest BCUT2D eigenvalue weighted by molar-refractivity contribution is 0.497. The number of rotatable bonds is 3. The summed E-state index contributed by atoms with van der Waals surface area (Å²) >= 11 is -0.509. The maximum Gasteiger partial charge on any atom is 0.103 e. The van der Waals surface area contributed by atoms with Crippen molar-refractivity contribution in [3.63, 3.8) is 0 Å². The van der Waals surface area contributed by atoms with E-state index in [1.807, 2.05) is 13.1 Å². The van der Waals surface area contributed by atoms with Crippen molar-refractivity contribution in [3.05, 3.63) is 28.8 Å². The molecule has 0 aromatic carbocycles. The minimum absolute atomic E-state index is 0.0271. The molecular formula is C14H24N4S. The number of nitrogens with one attached hydrogen (secondary N) is 1. The van der Waals surface area contributed by atoms with Crippen LogP contribution < -0.4 is 0 Å². The van der Waals surface area contributed by atoms with E-state index in [-0.39, 0.29) is 10.8 Å². The van der Waals surface area contributed by atoms with Gasteiger partial charge in [0.1, 0.15) is 5.82 Å². The molecule has 0 aliphatic carbocycles. The third-order valence-corrected chi connectivity index (χ3v) is 5.24. The third kappa shape index (κ3) is 3.26. The summed E-state index contributed by atoms with van der Waals surface area (Å²) in [5.74, 6) is 1.96. The molecule has 0 radical (unpaired) electrons. The highest BCUT2D eigenvalue weighted by molar-refractivity contribution is 8.18. The van der Waals surface area contributed by atoms with Crippen LogP contribution in [0.15, 0.2) is 26.9 Å². The van der Waals surface area contributed by atoms with E-state index in [1.54, 1.807) is 0 Å². The van der Waals surface area contributed by atoms with Crippen LogP contribution in [0, 0.1) is 12.3 Å². The molecule has 1 aliphatic heterocycles. The van der Waals surface area contributed by atoms with Gasteiger partial charge >= 0.3 is 0 Å². The van der Waals surface area contributed by atoms with Crippen LogP contribution >= 0.6 is 11.1 Å². The predicted molar refractivity (Wildman–Crippen MR) is 82.6 cm³/mol. The zero-order valence-electron chi connectivity index (χ0n) is 12.7. The lowest BCUT2D eigenvalue weighted by Gasteiger charge is -2.25. The van der Waals surface area contributed by atoms with Crippen LogP contribution in [0.5, 0.6) is 0 Å². The van der Waals surface area contributed by atoms with Crippen LogP contribution in [-0.4, -0.2) is 15.7 Å². The number of H-pyrrole nitrogens is 1. The molecule has 1 aromatic heterocycles. The first-order valence-electron chi connectivity index (χ1n) is 6.61. The minimum atomic E-state index is -0.509. The number of imidazole rings is 1. The fraction of sp³-hybridized carbons (Fsp3) is 0.643. The van der Waals surface area contributed by atoms with E-state index in [2.05, 4.69) is 59.6 Å². The summed E-state index contributed by atoms with van der Waals surface area (Å²) in [6.45, 7) is 13.0. The molecule has 2 heterocycles. The van der Waals surface area contributed by atoms with E-state index in [1.165, 1.54) is 0 Å². The molecule has 0 fully saturated rings. The fourth-order valence-corrected chi connectivity index (χ4v) is 4.08. The summed E-state index contributed by atoms with van der Waals surface area (Å²) < 4.78 is 4.46. The minimum Gasteiger partial charge on any atom is -0.349 e. The molecule has 0 bridgehead atoms. The number of aromatic amines is 1. The summed E-state index contributed by atoms with van der Waals surface area (Å²) in [5, 5.41) is 6.62. The van der Waals surface area contributed by atoms with Gasteiger partial charge in [-0.25, -0.2) is 4.98 Å². The van der Waals surface area contributed by atoms with Crippen molar-refractivity contribution in [1.29, 1.82) is 0 Å². The van der Waals surface area contributed by atoms with Gasteiger partial charge in [0.25, 0.3) is 0 Å². The zero-order valence-corrected chi connectivity index (χ0v) is 13.5. The Bertz CT molecular complexity index is 520. The highest BCUT2D eigenvalue weighted by Crippen LogP contribution is 2.46. The number of hydrogen-bond acceptors (Lipinski definition) is 3. The smallest absolute Gasteiger partial charge is 0.103 e. The quantitative estimate of drug-likeness (QED) is 0.798. The zero-order chi connectivity index (χ0) is 14.3. The van der Waals surface area contributed by atoms with Gasteiger partial charge in [-0.3, -0.25) is 0 Å². The number of thiol groups is 1. The molecule has 0 amide bonds. The Hall–Kier alpha value is -1.10. The molecule has 1 N–H and O–H groups in total. The fourth-order valence-electron chi connectivity index (χ4n) is 1.97. The van der Waals surface area contributed by atoms with Gasteiger partial charge in [-0.2, -0.15) is 0 Å². The number of nitrogens with zero attached hydrogens (tertiary/aromatic N) is 3. The Kier molecular flexibility index (Phi) is 3.60. The molecule has 2 rings (SSSR count). The number of aromatic nitrogens is 2. The van der Waals surface area contributed by atoms with Gasteiger partial charge in [0, 0.05) is 22.8 Å². The van der Waals surface area contributed by atoms with Crippen LogP contribution in [-0.2, 0) is 5.41 Å². The van der Waals surface area contributed by atoms with Crippen molar-refractivity contribution < 1.29 is 0 Å². The number of hydrogen-bond donors (Lipinski definition) is 2. The molecule has 1 atom stereocenters. The van der Waals surface area contributed by atoms with Gasteiger partial charge in [-0.15, -0.1) is 20.7 Å². The summed E-state index contributed by atoms with van der Waals surface area (Å²) in [6, 6.07) is 0. The Morgan fingerprint density at radius 1 is 1.21 bits per heavy atom. The van der Waals surface area contributed by atoms with Crippen molar-refractivity contribution >= 4 is 11.1 Å². The number of allylic oxidation sites excluding steroid dienone is 1. The first kappa shape index (κ1) is 14.3. The SMILES string of the molecule is Cc1nc(C(C)(C)C[SH]2C=C(C(C)(C)C)N=N2)c[nH]1. The molecule has 1 aromatic rings. The second kappa shape index (κ2) is 4.78. The largest absolute Gasteiger partial charge is 0.349 e. The molecular weight excluding hydrogens is 256 g/mol. The van der Waals surface area contributed by atoms with E-state index in [9.17, 15) is 0 Å². The van der Waals surface area contributed by atoms with E-state index in [0.29, 0.717) is 0 Å². The Labute approximate surface area is 118 Å². The molecule has 19 heavy (non-hydrogen) atoms. The van der Waals surface area contributed by atoms with Gasteiger partial charge in [-0.1, -0.05) is 34.6 Å². The number of aryl methyl sites for hydroxylation is 1. The monoisotopic (exact) mass is 280 g/mol. The van der Waals surface area contributed by atoms with E-state index < -0.39 is 11.1 Å². The van der Waals surface area contributed by atoms with E-state index in [0.717, 1.165) is 23.0 Å². The topological polar surface area (TPSA) is 53.4 Å². The maximum atomic E-state index is 4.55. The molecule has 0 saturated carbocycles. The van der Waals surface area contributed by atoms with Crippen molar-refractivity contribution in [2.45, 2.75) is 47.0 Å². The van der Waals surface area contributed by atoms with Gasteiger partial charge in [0.2, 0.25) is 0 Å². The molecule has 1 aliphatic rings. The first-order valence-corrected chi connectivity index (χ1v) is 8.16. The normalized spacial score (nSPS) is 21.8. The molecule has 0 spiro atoms. The van der Waals surface area contributed by atoms with Crippen molar-refractivity contribution in [2.75, 3.05) is 5.75 Å². The predicted octanol–water partition coefficient (Wildman–Crippen LogP) is 4.27. The van der Waals surface area contributed by atoms with Crippen LogP contribution in [0.4, 0.5) is 0 Å². The van der Waals surface area contributed by atoms with Crippen molar-refractivity contribution in [2.24, 2.45) is 15.0 Å². The lowest BCUT2D eigenvalue weighted by Crippen LogP contribution is -2.22. The molecule has 106 valence electrons. The summed E-state index contributed by atoms with van der Waals surface area (Å²) in [4.78, 5) is 7.71.